The maximum Gasteiger partial charge on any atom is 0.249 e. The first-order valence-electron chi connectivity index (χ1n) is 10.3. The van der Waals surface area contributed by atoms with E-state index in [0.717, 1.165) is 11.1 Å². The Kier molecular flexibility index (Phi) is 7.40. The van der Waals surface area contributed by atoms with Gasteiger partial charge in [-0.25, -0.2) is 30.4 Å². The van der Waals surface area contributed by atoms with Crippen molar-refractivity contribution < 1.29 is 30.4 Å². The van der Waals surface area contributed by atoms with Crippen LogP contribution in [-0.2, 0) is 10.0 Å². The van der Waals surface area contributed by atoms with Crippen LogP contribution in [0.5, 0.6) is 0 Å². The van der Waals surface area contributed by atoms with Gasteiger partial charge in [0.15, 0.2) is 28.2 Å². The topological polar surface area (TPSA) is 40.6 Å². The number of hydrogen-bond donors (Lipinski definition) is 0. The van der Waals surface area contributed by atoms with Crippen LogP contribution in [0, 0.1) is 29.1 Å². The van der Waals surface area contributed by atoms with Crippen LogP contribution in [-0.4, -0.2) is 43.8 Å². The van der Waals surface area contributed by atoms with Crippen molar-refractivity contribution >= 4 is 33.2 Å². The van der Waals surface area contributed by atoms with E-state index < -0.39 is 44.0 Å². The predicted octanol–water partition coefficient (Wildman–Crippen LogP) is 5.78. The van der Waals surface area contributed by atoms with Gasteiger partial charge in [0.05, 0.1) is 6.04 Å². The molecule has 0 amide bonds. The summed E-state index contributed by atoms with van der Waals surface area (Å²) >= 11 is 12.0. The van der Waals surface area contributed by atoms with Crippen LogP contribution >= 0.6 is 23.2 Å². The lowest BCUT2D eigenvalue weighted by Gasteiger charge is -2.39. The molecule has 0 radical (unpaired) electrons. The first kappa shape index (κ1) is 25.8. The van der Waals surface area contributed by atoms with E-state index in [9.17, 15) is 30.4 Å². The van der Waals surface area contributed by atoms with Crippen molar-refractivity contribution in [2.45, 2.75) is 10.9 Å². The van der Waals surface area contributed by atoms with Gasteiger partial charge in [0.1, 0.15) is 0 Å². The number of benzene rings is 3. The molecule has 3 aromatic rings. The summed E-state index contributed by atoms with van der Waals surface area (Å²) in [4.78, 5) is 0.0890. The summed E-state index contributed by atoms with van der Waals surface area (Å²) in [5.74, 6) is -11.8. The molecule has 0 N–H and O–H groups in total. The fourth-order valence-electron chi connectivity index (χ4n) is 4.05. The van der Waals surface area contributed by atoms with Crippen molar-refractivity contribution in [1.82, 2.24) is 9.21 Å². The lowest BCUT2D eigenvalue weighted by atomic mass is 9.96. The van der Waals surface area contributed by atoms with Crippen LogP contribution in [0.1, 0.15) is 17.2 Å². The van der Waals surface area contributed by atoms with Crippen LogP contribution in [0.4, 0.5) is 22.0 Å². The zero-order valence-corrected chi connectivity index (χ0v) is 20.1. The zero-order valence-electron chi connectivity index (χ0n) is 17.8. The molecule has 0 spiro atoms. The second-order valence-electron chi connectivity index (χ2n) is 7.84. The smallest absolute Gasteiger partial charge is 0.249 e. The molecule has 35 heavy (non-hydrogen) atoms. The Morgan fingerprint density at radius 2 is 1.00 bits per heavy atom. The Labute approximate surface area is 208 Å². The van der Waals surface area contributed by atoms with Crippen molar-refractivity contribution in [3.63, 3.8) is 0 Å². The van der Waals surface area contributed by atoms with Crippen molar-refractivity contribution in [1.29, 1.82) is 0 Å². The second kappa shape index (κ2) is 10.0. The molecular weight excluding hydrogens is 534 g/mol. The van der Waals surface area contributed by atoms with Gasteiger partial charge in [-0.3, -0.25) is 4.90 Å². The van der Waals surface area contributed by atoms with E-state index in [4.69, 9.17) is 23.2 Å². The van der Waals surface area contributed by atoms with Crippen molar-refractivity contribution in [2.24, 2.45) is 0 Å². The van der Waals surface area contributed by atoms with Crippen LogP contribution in [0.25, 0.3) is 0 Å². The molecule has 1 saturated heterocycles. The number of hydrogen-bond acceptors (Lipinski definition) is 3. The molecule has 0 saturated carbocycles. The Morgan fingerprint density at radius 3 is 1.40 bits per heavy atom. The predicted molar refractivity (Wildman–Crippen MR) is 121 cm³/mol. The standard InChI is InChI=1S/C23H17Cl2F5N2O2S/c24-15-5-1-13(2-6-15)22(14-3-7-16(25)8-4-14)31-9-11-32(12-10-31)35(33,34)23-20(29)18(27)17(26)19(28)21(23)30/h1-8,22H,9-12H2. The molecule has 0 aromatic heterocycles. The minimum Gasteiger partial charge on any atom is -0.290 e. The minimum absolute atomic E-state index is 0.116. The van der Waals surface area contributed by atoms with Gasteiger partial charge in [-0.2, -0.15) is 4.31 Å². The summed E-state index contributed by atoms with van der Waals surface area (Å²) in [6, 6.07) is 13.8. The number of sulfonamides is 1. The Hall–Kier alpha value is -2.24. The van der Waals surface area contributed by atoms with E-state index in [2.05, 4.69) is 0 Å². The molecule has 0 aliphatic carbocycles. The van der Waals surface area contributed by atoms with Crippen LogP contribution in [0.3, 0.4) is 0 Å². The van der Waals surface area contributed by atoms with Crippen molar-refractivity contribution in [3.8, 4) is 0 Å². The molecule has 1 aliphatic heterocycles. The molecule has 12 heteroatoms. The SMILES string of the molecule is O=S(=O)(c1c(F)c(F)c(F)c(F)c1F)N1CCN(C(c2ccc(Cl)cc2)c2ccc(Cl)cc2)CC1. The Balaban J connectivity index is 1.63. The van der Waals surface area contributed by atoms with E-state index >= 15 is 0 Å². The highest BCUT2D eigenvalue weighted by atomic mass is 35.5. The summed E-state index contributed by atoms with van der Waals surface area (Å²) in [6.45, 7) is -0.242. The van der Waals surface area contributed by atoms with Gasteiger partial charge in [-0.05, 0) is 35.4 Å². The maximum atomic E-state index is 14.2. The fourth-order valence-corrected chi connectivity index (χ4v) is 5.83. The monoisotopic (exact) mass is 550 g/mol. The summed E-state index contributed by atoms with van der Waals surface area (Å²) in [7, 11) is -5.00. The lowest BCUT2D eigenvalue weighted by Crippen LogP contribution is -2.50. The molecule has 3 aromatic carbocycles. The minimum atomic E-state index is -5.00. The molecule has 0 bridgehead atoms. The highest BCUT2D eigenvalue weighted by Crippen LogP contribution is 2.33. The third-order valence-electron chi connectivity index (χ3n) is 5.78. The zero-order chi connectivity index (χ0) is 25.5. The summed E-state index contributed by atoms with van der Waals surface area (Å²) in [6.07, 6.45) is 0. The van der Waals surface area contributed by atoms with Crippen LogP contribution < -0.4 is 0 Å². The highest BCUT2D eigenvalue weighted by Gasteiger charge is 2.39. The van der Waals surface area contributed by atoms with Gasteiger partial charge >= 0.3 is 0 Å². The Bertz CT molecular complexity index is 1270. The van der Waals surface area contributed by atoms with Gasteiger partial charge in [0, 0.05) is 36.2 Å². The molecule has 1 heterocycles. The normalized spacial score (nSPS) is 15.7. The van der Waals surface area contributed by atoms with E-state index in [1.165, 1.54) is 0 Å². The summed E-state index contributed by atoms with van der Waals surface area (Å²) in [5.41, 5.74) is 1.71. The molecular formula is C23H17Cl2F5N2O2S. The van der Waals surface area contributed by atoms with Gasteiger partial charge in [0.25, 0.3) is 0 Å². The van der Waals surface area contributed by atoms with E-state index in [-0.39, 0.29) is 32.2 Å². The van der Waals surface area contributed by atoms with Gasteiger partial charge < -0.3 is 0 Å². The largest absolute Gasteiger partial charge is 0.290 e. The third-order valence-corrected chi connectivity index (χ3v) is 8.20. The average Bonchev–Trinajstić information content (AvgIpc) is 2.84. The average molecular weight is 551 g/mol. The molecule has 1 aliphatic rings. The summed E-state index contributed by atoms with van der Waals surface area (Å²) in [5, 5.41) is 1.06. The number of nitrogens with zero attached hydrogens (tertiary/aromatic N) is 2. The first-order valence-corrected chi connectivity index (χ1v) is 12.5. The fraction of sp³-hybridized carbons (Fsp3) is 0.217. The Morgan fingerprint density at radius 1 is 0.629 bits per heavy atom. The van der Waals surface area contributed by atoms with Gasteiger partial charge in [-0.1, -0.05) is 47.5 Å². The molecule has 0 atom stereocenters. The molecule has 1 fully saturated rings. The van der Waals surface area contributed by atoms with Gasteiger partial charge in [-0.15, -0.1) is 0 Å². The number of rotatable bonds is 5. The highest BCUT2D eigenvalue weighted by molar-refractivity contribution is 7.89. The van der Waals surface area contributed by atoms with Crippen LogP contribution in [0.15, 0.2) is 53.4 Å². The summed E-state index contributed by atoms with van der Waals surface area (Å²) < 4.78 is 95.5. The van der Waals surface area contributed by atoms with E-state index in [1.54, 1.807) is 24.3 Å². The van der Waals surface area contributed by atoms with Gasteiger partial charge in [0.2, 0.25) is 15.8 Å². The van der Waals surface area contributed by atoms with Crippen molar-refractivity contribution in [3.05, 3.63) is 98.8 Å². The quantitative estimate of drug-likeness (QED) is 0.229. The number of halogens is 7. The van der Waals surface area contributed by atoms with E-state index in [0.29, 0.717) is 14.4 Å². The maximum absolute atomic E-state index is 14.2. The second-order valence-corrected chi connectivity index (χ2v) is 10.6. The van der Waals surface area contributed by atoms with E-state index in [1.807, 2.05) is 29.2 Å². The van der Waals surface area contributed by atoms with Crippen LogP contribution in [0.2, 0.25) is 10.0 Å². The third kappa shape index (κ3) is 4.90. The number of piperazine rings is 1. The molecule has 186 valence electrons. The first-order chi connectivity index (χ1) is 16.5. The molecule has 4 rings (SSSR count). The molecule has 0 unspecified atom stereocenters. The lowest BCUT2D eigenvalue weighted by molar-refractivity contribution is 0.155. The molecule has 4 nitrogen and oxygen atoms in total. The van der Waals surface area contributed by atoms with Crippen molar-refractivity contribution in [2.75, 3.05) is 26.2 Å².